The normalized spacial score (nSPS) is 30.2. The van der Waals surface area contributed by atoms with Crippen LogP contribution in [0.2, 0.25) is 0 Å². The summed E-state index contributed by atoms with van der Waals surface area (Å²) in [6.45, 7) is 11.6. The first-order chi connectivity index (χ1) is 8.83. The molecule has 19 heavy (non-hydrogen) atoms. The summed E-state index contributed by atoms with van der Waals surface area (Å²) < 4.78 is 0. The molecule has 1 unspecified atom stereocenters. The average Bonchev–Trinajstić information content (AvgIpc) is 2.34. The van der Waals surface area contributed by atoms with Gasteiger partial charge in [0, 0.05) is 11.1 Å². The van der Waals surface area contributed by atoms with Crippen LogP contribution in [0.15, 0.2) is 0 Å². The van der Waals surface area contributed by atoms with E-state index in [4.69, 9.17) is 4.84 Å². The van der Waals surface area contributed by atoms with Crippen LogP contribution in [0.5, 0.6) is 0 Å². The van der Waals surface area contributed by atoms with Crippen LogP contribution in [0, 0.1) is 5.92 Å². The summed E-state index contributed by atoms with van der Waals surface area (Å²) in [4.78, 5) is 6.49. The van der Waals surface area contributed by atoms with E-state index in [1.807, 2.05) is 0 Å². The Morgan fingerprint density at radius 2 is 1.42 bits per heavy atom. The molecule has 1 saturated heterocycles. The molecule has 0 aromatic carbocycles. The first-order valence-electron chi connectivity index (χ1n) is 8.30. The van der Waals surface area contributed by atoms with Gasteiger partial charge in [-0.3, -0.25) is 4.84 Å². The molecule has 1 heterocycles. The van der Waals surface area contributed by atoms with Gasteiger partial charge in [-0.2, -0.15) is 5.06 Å². The van der Waals surface area contributed by atoms with Crippen LogP contribution in [0.3, 0.4) is 0 Å². The predicted octanol–water partition coefficient (Wildman–Crippen LogP) is 4.93. The number of piperidine rings is 1. The Hall–Kier alpha value is -0.0800. The molecule has 0 spiro atoms. The second kappa shape index (κ2) is 5.73. The Bertz CT molecular complexity index is 276. The SMILES string of the molecule is CC(ON1C(C)(C)CCCC1(C)C)C1CCCCC1. The lowest BCUT2D eigenvalue weighted by atomic mass is 9.82. The van der Waals surface area contributed by atoms with E-state index in [2.05, 4.69) is 39.7 Å². The lowest BCUT2D eigenvalue weighted by Crippen LogP contribution is -2.59. The van der Waals surface area contributed by atoms with Crippen LogP contribution < -0.4 is 0 Å². The molecular formula is C17H33NO. The van der Waals surface area contributed by atoms with Crippen LogP contribution in [-0.4, -0.2) is 22.2 Å². The van der Waals surface area contributed by atoms with Gasteiger partial charge >= 0.3 is 0 Å². The van der Waals surface area contributed by atoms with Crippen molar-refractivity contribution in [2.24, 2.45) is 5.92 Å². The number of rotatable bonds is 3. The maximum atomic E-state index is 6.49. The Kier molecular flexibility index (Phi) is 4.62. The van der Waals surface area contributed by atoms with E-state index in [1.54, 1.807) is 0 Å². The molecule has 0 aromatic rings. The van der Waals surface area contributed by atoms with Crippen LogP contribution in [0.25, 0.3) is 0 Å². The van der Waals surface area contributed by atoms with Gasteiger partial charge < -0.3 is 0 Å². The Morgan fingerprint density at radius 3 is 1.95 bits per heavy atom. The predicted molar refractivity (Wildman–Crippen MR) is 81.0 cm³/mol. The van der Waals surface area contributed by atoms with E-state index in [0.717, 1.165) is 5.92 Å². The highest BCUT2D eigenvalue weighted by Crippen LogP contribution is 2.40. The zero-order valence-corrected chi connectivity index (χ0v) is 13.7. The standard InChI is InChI=1S/C17H33NO/c1-14(15-10-7-6-8-11-15)19-18-16(2,3)12-9-13-17(18,4)5/h14-15H,6-13H2,1-5H3. The van der Waals surface area contributed by atoms with E-state index in [0.29, 0.717) is 6.10 Å². The molecule has 0 amide bonds. The highest BCUT2D eigenvalue weighted by Gasteiger charge is 2.43. The van der Waals surface area contributed by atoms with Gasteiger partial charge in [-0.05, 0) is 72.6 Å². The van der Waals surface area contributed by atoms with E-state index in [9.17, 15) is 0 Å². The van der Waals surface area contributed by atoms with Crippen LogP contribution in [-0.2, 0) is 4.84 Å². The van der Waals surface area contributed by atoms with Crippen LogP contribution in [0.1, 0.15) is 86.0 Å². The molecule has 1 aliphatic heterocycles. The summed E-state index contributed by atoms with van der Waals surface area (Å²) in [5, 5.41) is 2.34. The van der Waals surface area contributed by atoms with Crippen molar-refractivity contribution in [3.63, 3.8) is 0 Å². The zero-order valence-electron chi connectivity index (χ0n) is 13.7. The number of nitrogens with zero attached hydrogens (tertiary/aromatic N) is 1. The molecule has 1 saturated carbocycles. The van der Waals surface area contributed by atoms with Crippen molar-refractivity contribution in [3.05, 3.63) is 0 Å². The fourth-order valence-corrected chi connectivity index (χ4v) is 4.12. The lowest BCUT2D eigenvalue weighted by Gasteiger charge is -2.52. The molecule has 112 valence electrons. The van der Waals surface area contributed by atoms with Crippen molar-refractivity contribution in [1.29, 1.82) is 0 Å². The maximum absolute atomic E-state index is 6.49. The molecule has 0 aromatic heterocycles. The van der Waals surface area contributed by atoms with Gasteiger partial charge in [0.05, 0.1) is 6.10 Å². The molecule has 2 fully saturated rings. The quantitative estimate of drug-likeness (QED) is 0.719. The molecule has 2 rings (SSSR count). The number of hydroxylamine groups is 2. The molecule has 1 atom stereocenters. The first-order valence-corrected chi connectivity index (χ1v) is 8.30. The van der Waals surface area contributed by atoms with Gasteiger partial charge in [-0.15, -0.1) is 0 Å². The van der Waals surface area contributed by atoms with Crippen LogP contribution >= 0.6 is 0 Å². The van der Waals surface area contributed by atoms with E-state index < -0.39 is 0 Å². The van der Waals surface area contributed by atoms with Gasteiger partial charge in [0.25, 0.3) is 0 Å². The van der Waals surface area contributed by atoms with E-state index in [-0.39, 0.29) is 11.1 Å². The Balaban J connectivity index is 2.01. The van der Waals surface area contributed by atoms with Gasteiger partial charge in [-0.25, -0.2) is 0 Å². The molecule has 0 radical (unpaired) electrons. The second-order valence-electron chi connectivity index (χ2n) is 7.98. The minimum atomic E-state index is 0.171. The highest BCUT2D eigenvalue weighted by molar-refractivity contribution is 4.93. The third kappa shape index (κ3) is 3.52. The van der Waals surface area contributed by atoms with Crippen molar-refractivity contribution >= 4 is 0 Å². The van der Waals surface area contributed by atoms with Gasteiger partial charge in [0.15, 0.2) is 0 Å². The molecule has 2 aliphatic rings. The third-order valence-electron chi connectivity index (χ3n) is 5.26. The minimum absolute atomic E-state index is 0.171. The Morgan fingerprint density at radius 1 is 0.895 bits per heavy atom. The van der Waals surface area contributed by atoms with E-state index in [1.165, 1.54) is 51.4 Å². The molecule has 2 nitrogen and oxygen atoms in total. The van der Waals surface area contributed by atoms with Crippen molar-refractivity contribution in [2.45, 2.75) is 103 Å². The fourth-order valence-electron chi connectivity index (χ4n) is 4.12. The zero-order chi connectivity index (χ0) is 14.1. The molecule has 0 bridgehead atoms. The molecule has 1 aliphatic carbocycles. The summed E-state index contributed by atoms with van der Waals surface area (Å²) in [6.07, 6.45) is 11.1. The van der Waals surface area contributed by atoms with E-state index >= 15 is 0 Å². The number of hydrogen-bond donors (Lipinski definition) is 0. The Labute approximate surface area is 119 Å². The van der Waals surface area contributed by atoms with Crippen molar-refractivity contribution in [1.82, 2.24) is 5.06 Å². The first kappa shape index (κ1) is 15.3. The summed E-state index contributed by atoms with van der Waals surface area (Å²) >= 11 is 0. The smallest absolute Gasteiger partial charge is 0.0793 e. The third-order valence-corrected chi connectivity index (χ3v) is 5.26. The molecule has 0 N–H and O–H groups in total. The van der Waals surface area contributed by atoms with Gasteiger partial charge in [0.2, 0.25) is 0 Å². The lowest BCUT2D eigenvalue weighted by molar-refractivity contribution is -0.310. The van der Waals surface area contributed by atoms with Crippen molar-refractivity contribution in [3.8, 4) is 0 Å². The second-order valence-corrected chi connectivity index (χ2v) is 7.98. The monoisotopic (exact) mass is 267 g/mol. The van der Waals surface area contributed by atoms with Crippen molar-refractivity contribution in [2.75, 3.05) is 0 Å². The van der Waals surface area contributed by atoms with Crippen molar-refractivity contribution < 1.29 is 4.84 Å². The molecular weight excluding hydrogens is 234 g/mol. The van der Waals surface area contributed by atoms with Gasteiger partial charge in [0.1, 0.15) is 0 Å². The summed E-state index contributed by atoms with van der Waals surface area (Å²) in [6, 6.07) is 0. The maximum Gasteiger partial charge on any atom is 0.0793 e. The largest absolute Gasteiger partial charge is 0.295 e. The summed E-state index contributed by atoms with van der Waals surface area (Å²) in [5.74, 6) is 0.766. The highest BCUT2D eigenvalue weighted by atomic mass is 16.7. The minimum Gasteiger partial charge on any atom is -0.295 e. The number of hydrogen-bond acceptors (Lipinski definition) is 2. The molecule has 2 heteroatoms. The van der Waals surface area contributed by atoms with Gasteiger partial charge in [-0.1, -0.05) is 19.3 Å². The fraction of sp³-hybridized carbons (Fsp3) is 1.00. The summed E-state index contributed by atoms with van der Waals surface area (Å²) in [7, 11) is 0. The topological polar surface area (TPSA) is 12.5 Å². The average molecular weight is 267 g/mol. The summed E-state index contributed by atoms with van der Waals surface area (Å²) in [5.41, 5.74) is 0.343. The van der Waals surface area contributed by atoms with Crippen LogP contribution in [0.4, 0.5) is 0 Å².